The molecular formula is C26H29N3O2. The topological polar surface area (TPSA) is 68.3 Å². The summed E-state index contributed by atoms with van der Waals surface area (Å²) in [6, 6.07) is 22.3. The van der Waals surface area contributed by atoms with Gasteiger partial charge in [0.25, 0.3) is 0 Å². The maximum absolute atomic E-state index is 13.2. The third kappa shape index (κ3) is 4.19. The van der Waals surface area contributed by atoms with Crippen molar-refractivity contribution in [3.63, 3.8) is 0 Å². The summed E-state index contributed by atoms with van der Waals surface area (Å²) in [6.45, 7) is 5.01. The Kier molecular flexibility index (Phi) is 6.05. The number of amides is 1. The maximum Gasteiger partial charge on any atom is 0.234 e. The van der Waals surface area contributed by atoms with Gasteiger partial charge in [0.1, 0.15) is 0 Å². The summed E-state index contributed by atoms with van der Waals surface area (Å²) < 4.78 is 2.24. The van der Waals surface area contributed by atoms with Gasteiger partial charge in [-0.25, -0.2) is 0 Å². The minimum atomic E-state index is -0.344. The molecule has 2 N–H and O–H groups in total. The highest BCUT2D eigenvalue weighted by atomic mass is 16.1. The van der Waals surface area contributed by atoms with Gasteiger partial charge in [0.15, 0.2) is 5.78 Å². The number of hydrogen-bond acceptors (Lipinski definition) is 3. The van der Waals surface area contributed by atoms with E-state index in [2.05, 4.69) is 28.8 Å². The van der Waals surface area contributed by atoms with E-state index >= 15 is 0 Å². The largest absolute Gasteiger partial charge is 0.368 e. The third-order valence-electron chi connectivity index (χ3n) is 6.31. The van der Waals surface area contributed by atoms with Crippen LogP contribution in [0.25, 0.3) is 0 Å². The Morgan fingerprint density at radius 2 is 1.58 bits per heavy atom. The number of nitrogens with zero attached hydrogens (tertiary/aromatic N) is 2. The van der Waals surface area contributed by atoms with E-state index in [0.717, 1.165) is 30.8 Å². The second kappa shape index (κ2) is 8.90. The summed E-state index contributed by atoms with van der Waals surface area (Å²) in [7, 11) is 0. The standard InChI is InChI=1S/C26H29N3O2/c1-18-16-22(24(30)17-28-15-9-14-23(28)26(27)31)19(2)29(18)25(20-10-5-3-6-11-20)21-12-7-4-8-13-21/h3-8,10-13,16,23,25H,9,14-15,17H2,1-2H3,(H2,27,31). The molecule has 1 atom stereocenters. The second-order valence-electron chi connectivity index (χ2n) is 8.33. The summed E-state index contributed by atoms with van der Waals surface area (Å²) in [5, 5.41) is 0. The lowest BCUT2D eigenvalue weighted by atomic mass is 9.98. The van der Waals surface area contributed by atoms with Crippen LogP contribution in [0.2, 0.25) is 0 Å². The Balaban J connectivity index is 1.71. The minimum Gasteiger partial charge on any atom is -0.368 e. The fourth-order valence-electron chi connectivity index (χ4n) is 4.83. The maximum atomic E-state index is 13.2. The molecule has 5 heteroatoms. The number of hydrogen-bond donors (Lipinski definition) is 1. The van der Waals surface area contributed by atoms with Crippen molar-refractivity contribution in [2.24, 2.45) is 5.73 Å². The Morgan fingerprint density at radius 1 is 1.00 bits per heavy atom. The first-order valence-electron chi connectivity index (χ1n) is 10.8. The van der Waals surface area contributed by atoms with Crippen LogP contribution in [0.4, 0.5) is 0 Å². The van der Waals surface area contributed by atoms with Crippen molar-refractivity contribution in [3.05, 3.63) is 94.8 Å². The zero-order valence-electron chi connectivity index (χ0n) is 18.1. The zero-order chi connectivity index (χ0) is 22.0. The van der Waals surface area contributed by atoms with Crippen LogP contribution in [0, 0.1) is 13.8 Å². The smallest absolute Gasteiger partial charge is 0.234 e. The van der Waals surface area contributed by atoms with Crippen molar-refractivity contribution in [1.29, 1.82) is 0 Å². The van der Waals surface area contributed by atoms with Gasteiger partial charge in [0.2, 0.25) is 5.91 Å². The van der Waals surface area contributed by atoms with Gasteiger partial charge in [-0.05, 0) is 50.4 Å². The van der Waals surface area contributed by atoms with E-state index in [1.54, 1.807) is 0 Å². The molecule has 0 bridgehead atoms. The summed E-state index contributed by atoms with van der Waals surface area (Å²) >= 11 is 0. The number of primary amides is 1. The van der Waals surface area contributed by atoms with E-state index in [4.69, 9.17) is 5.73 Å². The molecule has 31 heavy (non-hydrogen) atoms. The molecule has 2 aromatic carbocycles. The lowest BCUT2D eigenvalue weighted by Crippen LogP contribution is -2.42. The lowest BCUT2D eigenvalue weighted by molar-refractivity contribution is -0.122. The molecule has 5 nitrogen and oxygen atoms in total. The van der Waals surface area contributed by atoms with Gasteiger partial charge in [-0.15, -0.1) is 0 Å². The highest BCUT2D eigenvalue weighted by Gasteiger charge is 2.31. The van der Waals surface area contributed by atoms with Crippen molar-refractivity contribution >= 4 is 11.7 Å². The number of ketones is 1. The lowest BCUT2D eigenvalue weighted by Gasteiger charge is -2.24. The van der Waals surface area contributed by atoms with Gasteiger partial charge in [-0.1, -0.05) is 60.7 Å². The Hall–Kier alpha value is -3.18. The van der Waals surface area contributed by atoms with Crippen molar-refractivity contribution in [2.75, 3.05) is 13.1 Å². The van der Waals surface area contributed by atoms with Crippen LogP contribution in [-0.2, 0) is 4.79 Å². The summed E-state index contributed by atoms with van der Waals surface area (Å²) in [6.07, 6.45) is 1.62. The molecular weight excluding hydrogens is 386 g/mol. The molecule has 1 aromatic heterocycles. The summed E-state index contributed by atoms with van der Waals surface area (Å²) in [5.41, 5.74) is 10.6. The van der Waals surface area contributed by atoms with E-state index in [9.17, 15) is 9.59 Å². The summed E-state index contributed by atoms with van der Waals surface area (Å²) in [4.78, 5) is 26.9. The van der Waals surface area contributed by atoms with Crippen LogP contribution in [0.3, 0.4) is 0 Å². The average Bonchev–Trinajstić information content (AvgIpc) is 3.35. The van der Waals surface area contributed by atoms with E-state index in [0.29, 0.717) is 5.56 Å². The SMILES string of the molecule is Cc1cc(C(=O)CN2CCCC2C(N)=O)c(C)n1C(c1ccccc1)c1ccccc1. The molecule has 1 saturated heterocycles. The number of likely N-dealkylation sites (tertiary alicyclic amines) is 1. The van der Waals surface area contributed by atoms with Gasteiger partial charge < -0.3 is 10.3 Å². The van der Waals surface area contributed by atoms with Crippen LogP contribution in [0.1, 0.15) is 51.8 Å². The van der Waals surface area contributed by atoms with Crippen LogP contribution in [-0.4, -0.2) is 40.3 Å². The predicted molar refractivity (Wildman–Crippen MR) is 122 cm³/mol. The van der Waals surface area contributed by atoms with Crippen LogP contribution >= 0.6 is 0 Å². The van der Waals surface area contributed by atoms with Crippen molar-refractivity contribution < 1.29 is 9.59 Å². The molecule has 1 aliphatic rings. The van der Waals surface area contributed by atoms with E-state index in [1.807, 2.05) is 61.2 Å². The van der Waals surface area contributed by atoms with E-state index < -0.39 is 0 Å². The van der Waals surface area contributed by atoms with Crippen LogP contribution in [0.5, 0.6) is 0 Å². The van der Waals surface area contributed by atoms with Gasteiger partial charge in [0, 0.05) is 17.0 Å². The molecule has 0 radical (unpaired) electrons. The number of aromatic nitrogens is 1. The molecule has 0 spiro atoms. The molecule has 1 aliphatic heterocycles. The molecule has 2 heterocycles. The van der Waals surface area contributed by atoms with Crippen molar-refractivity contribution in [3.8, 4) is 0 Å². The van der Waals surface area contributed by atoms with Crippen LogP contribution < -0.4 is 5.73 Å². The Morgan fingerprint density at radius 3 is 2.13 bits per heavy atom. The van der Waals surface area contributed by atoms with Gasteiger partial charge in [-0.3, -0.25) is 14.5 Å². The molecule has 1 fully saturated rings. The Bertz CT molecular complexity index is 1030. The molecule has 4 rings (SSSR count). The second-order valence-corrected chi connectivity index (χ2v) is 8.33. The summed E-state index contributed by atoms with van der Waals surface area (Å²) in [5.74, 6) is -0.309. The first-order valence-corrected chi connectivity index (χ1v) is 10.8. The Labute approximate surface area is 183 Å². The van der Waals surface area contributed by atoms with Gasteiger partial charge in [-0.2, -0.15) is 0 Å². The van der Waals surface area contributed by atoms with Crippen LogP contribution in [0.15, 0.2) is 66.7 Å². The predicted octanol–water partition coefficient (Wildman–Crippen LogP) is 3.88. The van der Waals surface area contributed by atoms with E-state index in [-0.39, 0.29) is 30.3 Å². The highest BCUT2D eigenvalue weighted by Crippen LogP contribution is 2.32. The van der Waals surface area contributed by atoms with Gasteiger partial charge in [0.05, 0.1) is 18.6 Å². The number of nitrogens with two attached hydrogens (primary N) is 1. The number of aryl methyl sites for hydroxylation is 1. The van der Waals surface area contributed by atoms with Crippen molar-refractivity contribution in [1.82, 2.24) is 9.47 Å². The quantitative estimate of drug-likeness (QED) is 0.596. The monoisotopic (exact) mass is 415 g/mol. The first kappa shape index (κ1) is 21.1. The third-order valence-corrected chi connectivity index (χ3v) is 6.31. The highest BCUT2D eigenvalue weighted by molar-refractivity contribution is 5.99. The van der Waals surface area contributed by atoms with Gasteiger partial charge >= 0.3 is 0 Å². The molecule has 3 aromatic rings. The first-order chi connectivity index (χ1) is 15.0. The molecule has 0 aliphatic carbocycles. The number of carbonyl (C=O) groups is 2. The number of benzene rings is 2. The minimum absolute atomic E-state index is 0.0193. The fourth-order valence-corrected chi connectivity index (χ4v) is 4.83. The number of rotatable bonds is 7. The average molecular weight is 416 g/mol. The normalized spacial score (nSPS) is 16.7. The molecule has 160 valence electrons. The van der Waals surface area contributed by atoms with E-state index in [1.165, 1.54) is 11.1 Å². The molecule has 1 amide bonds. The number of Topliss-reactive ketones (excluding diaryl/α,β-unsaturated/α-hetero) is 1. The molecule has 0 saturated carbocycles. The molecule has 1 unspecified atom stereocenters. The number of carbonyl (C=O) groups excluding carboxylic acids is 2. The fraction of sp³-hybridized carbons (Fsp3) is 0.308. The van der Waals surface area contributed by atoms with Crippen molar-refractivity contribution in [2.45, 2.75) is 38.8 Å². The zero-order valence-corrected chi connectivity index (χ0v) is 18.1.